The molecule has 0 heterocycles. The molecule has 0 aromatic heterocycles. The van der Waals surface area contributed by atoms with E-state index in [9.17, 15) is 4.79 Å². The number of hydrogen-bond acceptors (Lipinski definition) is 4. The molecule has 5 heteroatoms. The third-order valence-electron chi connectivity index (χ3n) is 1.03. The van der Waals surface area contributed by atoms with Crippen molar-refractivity contribution in [3.05, 3.63) is 0 Å². The number of thiol groups is 1. The predicted molar refractivity (Wildman–Crippen MR) is 43.7 cm³/mol. The Bertz CT molecular complexity index is 121. The Balaban J connectivity index is 0. The molecule has 0 aliphatic carbocycles. The Labute approximate surface area is 65.8 Å². The monoisotopic (exact) mass is 166 g/mol. The molecule has 6 N–H and O–H groups in total. The average molecular weight is 166 g/mol. The van der Waals surface area contributed by atoms with Crippen molar-refractivity contribution in [1.29, 1.82) is 0 Å². The third-order valence-corrected chi connectivity index (χ3v) is 1.31. The van der Waals surface area contributed by atoms with Crippen molar-refractivity contribution in [2.24, 2.45) is 5.73 Å². The summed E-state index contributed by atoms with van der Waals surface area (Å²) in [5.41, 5.74) is 5.22. The minimum absolute atomic E-state index is 0. The van der Waals surface area contributed by atoms with Crippen LogP contribution in [0.25, 0.3) is 0 Å². The number of rotatable bonds is 2. The molecule has 0 aliphatic rings. The molecular weight excluding hydrogens is 152 g/mol. The molecule has 1 atom stereocenters. The standard InChI is InChI=1S/C5H11NO2S.H3N/c1-5(2,9)3(6)4(7)8;/h3,9H,6H2,1-2H3,(H,7,8);1H3/t3-;/m0./s1. The van der Waals surface area contributed by atoms with Crippen LogP contribution in [0.5, 0.6) is 0 Å². The van der Waals surface area contributed by atoms with E-state index in [-0.39, 0.29) is 6.15 Å². The Morgan fingerprint density at radius 2 is 2.00 bits per heavy atom. The molecule has 0 rings (SSSR count). The number of aliphatic carboxylic acids is 1. The lowest BCUT2D eigenvalue weighted by Crippen LogP contribution is -2.45. The van der Waals surface area contributed by atoms with Crippen molar-refractivity contribution in [2.45, 2.75) is 24.6 Å². The van der Waals surface area contributed by atoms with Crippen LogP contribution in [-0.4, -0.2) is 21.9 Å². The number of hydrogen-bond donors (Lipinski definition) is 4. The molecule has 0 aromatic rings. The summed E-state index contributed by atoms with van der Waals surface area (Å²) in [7, 11) is 0. The largest absolute Gasteiger partial charge is 0.480 e. The summed E-state index contributed by atoms with van der Waals surface area (Å²) in [5.74, 6) is -1.02. The zero-order valence-corrected chi connectivity index (χ0v) is 7.06. The topological polar surface area (TPSA) is 98.3 Å². The second-order valence-electron chi connectivity index (χ2n) is 2.47. The lowest BCUT2D eigenvalue weighted by molar-refractivity contribution is -0.139. The second kappa shape index (κ2) is 3.80. The molecule has 62 valence electrons. The summed E-state index contributed by atoms with van der Waals surface area (Å²) in [6.45, 7) is 3.32. The Morgan fingerprint density at radius 3 is 2.00 bits per heavy atom. The van der Waals surface area contributed by atoms with Crippen LogP contribution in [0, 0.1) is 0 Å². The van der Waals surface area contributed by atoms with Gasteiger partial charge in [-0.2, -0.15) is 12.6 Å². The predicted octanol–water partition coefficient (Wildman–Crippen LogP) is 0.269. The van der Waals surface area contributed by atoms with Crippen LogP contribution in [0.3, 0.4) is 0 Å². The summed E-state index contributed by atoms with van der Waals surface area (Å²) in [5, 5.41) is 8.34. The minimum atomic E-state index is -1.02. The van der Waals surface area contributed by atoms with E-state index in [0.29, 0.717) is 0 Å². The van der Waals surface area contributed by atoms with E-state index in [1.165, 1.54) is 0 Å². The van der Waals surface area contributed by atoms with Crippen LogP contribution < -0.4 is 11.9 Å². The Morgan fingerprint density at radius 1 is 1.70 bits per heavy atom. The summed E-state index contributed by atoms with van der Waals surface area (Å²) in [6.07, 6.45) is 0. The Kier molecular flexibility index (Phi) is 4.72. The van der Waals surface area contributed by atoms with E-state index >= 15 is 0 Å². The van der Waals surface area contributed by atoms with Gasteiger partial charge < -0.3 is 17.0 Å². The highest BCUT2D eigenvalue weighted by molar-refractivity contribution is 7.81. The number of nitrogens with two attached hydrogens (primary N) is 1. The van der Waals surface area contributed by atoms with E-state index in [0.717, 1.165) is 0 Å². The molecule has 0 amide bonds. The normalized spacial score (nSPS) is 13.6. The summed E-state index contributed by atoms with van der Waals surface area (Å²) in [6, 6.07) is -0.902. The van der Waals surface area contributed by atoms with Gasteiger partial charge in [0.2, 0.25) is 0 Å². The van der Waals surface area contributed by atoms with Gasteiger partial charge in [0, 0.05) is 4.75 Å². The van der Waals surface area contributed by atoms with E-state index in [1.54, 1.807) is 13.8 Å². The first-order valence-corrected chi connectivity index (χ1v) is 3.01. The summed E-state index contributed by atoms with van der Waals surface area (Å²) >= 11 is 3.98. The van der Waals surface area contributed by atoms with E-state index < -0.39 is 16.8 Å². The first-order valence-electron chi connectivity index (χ1n) is 2.56. The highest BCUT2D eigenvalue weighted by atomic mass is 32.1. The van der Waals surface area contributed by atoms with Crippen LogP contribution in [0.15, 0.2) is 0 Å². The molecule has 4 nitrogen and oxygen atoms in total. The first kappa shape index (κ1) is 12.4. The maximum atomic E-state index is 10.2. The zero-order chi connectivity index (χ0) is 7.65. The number of carboxylic acid groups (broad SMARTS) is 1. The van der Waals surface area contributed by atoms with Gasteiger partial charge in [-0.05, 0) is 13.8 Å². The minimum Gasteiger partial charge on any atom is -0.480 e. The van der Waals surface area contributed by atoms with Crippen molar-refractivity contribution in [3.63, 3.8) is 0 Å². The lowest BCUT2D eigenvalue weighted by atomic mass is 10.1. The molecule has 0 fully saturated rings. The average Bonchev–Trinajstić information content (AvgIpc) is 1.62. The molecule has 0 unspecified atom stereocenters. The van der Waals surface area contributed by atoms with Gasteiger partial charge in [-0.15, -0.1) is 0 Å². The van der Waals surface area contributed by atoms with Crippen LogP contribution in [0.2, 0.25) is 0 Å². The fraction of sp³-hybridized carbons (Fsp3) is 0.800. The fourth-order valence-electron chi connectivity index (χ4n) is 0.302. The van der Waals surface area contributed by atoms with E-state index in [1.807, 2.05) is 0 Å². The van der Waals surface area contributed by atoms with E-state index in [4.69, 9.17) is 10.8 Å². The second-order valence-corrected chi connectivity index (χ2v) is 3.62. The highest BCUT2D eigenvalue weighted by Gasteiger charge is 2.27. The molecule has 0 bridgehead atoms. The van der Waals surface area contributed by atoms with Crippen molar-refractivity contribution >= 4 is 18.6 Å². The molecule has 0 aromatic carbocycles. The fourth-order valence-corrected chi connectivity index (χ4v) is 0.413. The maximum absolute atomic E-state index is 10.2. The number of carboxylic acids is 1. The summed E-state index contributed by atoms with van der Waals surface area (Å²) < 4.78 is -0.647. The van der Waals surface area contributed by atoms with Gasteiger partial charge in [0.25, 0.3) is 0 Å². The molecule has 10 heavy (non-hydrogen) atoms. The number of carbonyl (C=O) groups is 1. The molecule has 0 saturated carbocycles. The third kappa shape index (κ3) is 3.71. The SMILES string of the molecule is CC(C)(S)[C@@H](N)C(=O)O.N. The van der Waals surface area contributed by atoms with Crippen molar-refractivity contribution < 1.29 is 9.90 Å². The van der Waals surface area contributed by atoms with Gasteiger partial charge in [-0.1, -0.05) is 0 Å². The molecule has 0 aliphatic heterocycles. The molecule has 0 saturated heterocycles. The molecule has 0 spiro atoms. The van der Waals surface area contributed by atoms with Gasteiger partial charge in [0.15, 0.2) is 0 Å². The summed E-state index contributed by atoms with van der Waals surface area (Å²) in [4.78, 5) is 10.2. The molecule has 0 radical (unpaired) electrons. The quantitative estimate of drug-likeness (QED) is 0.442. The zero-order valence-electron chi connectivity index (χ0n) is 6.16. The smallest absolute Gasteiger partial charge is 0.321 e. The molecular formula is C5H14N2O2S. The lowest BCUT2D eigenvalue weighted by Gasteiger charge is -2.21. The maximum Gasteiger partial charge on any atom is 0.321 e. The highest BCUT2D eigenvalue weighted by Crippen LogP contribution is 2.15. The van der Waals surface area contributed by atoms with Crippen molar-refractivity contribution in [3.8, 4) is 0 Å². The van der Waals surface area contributed by atoms with Crippen LogP contribution in [0.1, 0.15) is 13.8 Å². The van der Waals surface area contributed by atoms with Crippen molar-refractivity contribution in [2.75, 3.05) is 0 Å². The van der Waals surface area contributed by atoms with Gasteiger partial charge in [-0.3, -0.25) is 4.79 Å². The van der Waals surface area contributed by atoms with E-state index in [2.05, 4.69) is 12.6 Å². The van der Waals surface area contributed by atoms with Crippen LogP contribution in [0.4, 0.5) is 0 Å². The van der Waals surface area contributed by atoms with Gasteiger partial charge in [0.05, 0.1) is 0 Å². The van der Waals surface area contributed by atoms with Crippen LogP contribution >= 0.6 is 12.6 Å². The Hall–Kier alpha value is -0.260. The van der Waals surface area contributed by atoms with Crippen LogP contribution in [-0.2, 0) is 4.79 Å². The first-order chi connectivity index (χ1) is 3.85. The van der Waals surface area contributed by atoms with Gasteiger partial charge in [0.1, 0.15) is 6.04 Å². The van der Waals surface area contributed by atoms with Gasteiger partial charge >= 0.3 is 5.97 Å². The van der Waals surface area contributed by atoms with Gasteiger partial charge in [-0.25, -0.2) is 0 Å². The van der Waals surface area contributed by atoms with Crippen molar-refractivity contribution in [1.82, 2.24) is 6.15 Å².